The van der Waals surface area contributed by atoms with Gasteiger partial charge < -0.3 is 15.4 Å². The first-order valence-electron chi connectivity index (χ1n) is 11.5. The van der Waals surface area contributed by atoms with Crippen LogP contribution in [0.1, 0.15) is 79.1 Å². The van der Waals surface area contributed by atoms with Crippen LogP contribution in [0.4, 0.5) is 4.39 Å². The van der Waals surface area contributed by atoms with Gasteiger partial charge in [-0.3, -0.25) is 14.0 Å². The highest BCUT2D eigenvalue weighted by molar-refractivity contribution is 5.95. The first-order chi connectivity index (χ1) is 15.6. The number of carbonyl (C=O) groups excluding carboxylic acids is 2. The molecule has 2 N–H and O–H groups in total. The van der Waals surface area contributed by atoms with Gasteiger partial charge in [0.05, 0.1) is 19.5 Å². The maximum absolute atomic E-state index is 12.5. The summed E-state index contributed by atoms with van der Waals surface area (Å²) in [6.07, 6.45) is 8.82. The summed E-state index contributed by atoms with van der Waals surface area (Å²) in [6, 6.07) is 5.28. The number of nitrogens with one attached hydrogen (secondary N) is 2. The van der Waals surface area contributed by atoms with Gasteiger partial charge in [0.15, 0.2) is 5.69 Å². The standard InChI is InChI=1S/C23H32FN5O3/c1-2-25-22(30)17-11-12-20(21(15-17)32-14-8-4-3-7-13-24)29-16-19(27-28-29)23(31)26-18-9-5-6-10-18/h11-12,15-16,18H,2-10,13-14H2,1H3,(H,25,30)(H,26,31). The molecule has 9 heteroatoms. The van der Waals surface area contributed by atoms with Crippen molar-refractivity contribution >= 4 is 11.8 Å². The van der Waals surface area contributed by atoms with E-state index in [2.05, 4.69) is 20.9 Å². The molecule has 2 aromatic rings. The van der Waals surface area contributed by atoms with Gasteiger partial charge in [0, 0.05) is 18.2 Å². The Morgan fingerprint density at radius 1 is 1.16 bits per heavy atom. The predicted octanol–water partition coefficient (Wildman–Crippen LogP) is 3.60. The average molecular weight is 446 g/mol. The molecule has 0 atom stereocenters. The zero-order valence-corrected chi connectivity index (χ0v) is 18.6. The number of carbonyl (C=O) groups is 2. The van der Waals surface area contributed by atoms with E-state index in [0.717, 1.165) is 44.9 Å². The SMILES string of the molecule is CCNC(=O)c1ccc(-n2cc(C(=O)NC3CCCC3)nn2)c(OCCCCCCF)c1. The molecule has 0 spiro atoms. The van der Waals surface area contributed by atoms with Crippen molar-refractivity contribution in [3.8, 4) is 11.4 Å². The van der Waals surface area contributed by atoms with E-state index in [0.29, 0.717) is 36.6 Å². The molecule has 0 aliphatic heterocycles. The maximum atomic E-state index is 12.5. The third-order valence-electron chi connectivity index (χ3n) is 5.51. The summed E-state index contributed by atoms with van der Waals surface area (Å²) < 4.78 is 19.7. The van der Waals surface area contributed by atoms with Crippen LogP contribution in [-0.4, -0.2) is 52.7 Å². The molecule has 3 rings (SSSR count). The van der Waals surface area contributed by atoms with E-state index < -0.39 is 0 Å². The minimum atomic E-state index is -0.303. The van der Waals surface area contributed by atoms with Crippen LogP contribution in [0.2, 0.25) is 0 Å². The fraction of sp³-hybridized carbons (Fsp3) is 0.565. The molecule has 2 amide bonds. The Kier molecular flexibility index (Phi) is 9.01. The highest BCUT2D eigenvalue weighted by atomic mass is 19.1. The molecular weight excluding hydrogens is 413 g/mol. The van der Waals surface area contributed by atoms with E-state index in [9.17, 15) is 14.0 Å². The topological polar surface area (TPSA) is 98.1 Å². The fourth-order valence-corrected chi connectivity index (χ4v) is 3.77. The molecule has 8 nitrogen and oxygen atoms in total. The third kappa shape index (κ3) is 6.51. The lowest BCUT2D eigenvalue weighted by atomic mass is 10.1. The molecule has 1 saturated carbocycles. The van der Waals surface area contributed by atoms with Crippen molar-refractivity contribution < 1.29 is 18.7 Å². The summed E-state index contributed by atoms with van der Waals surface area (Å²) in [5.41, 5.74) is 1.30. The normalized spacial score (nSPS) is 13.8. The quantitative estimate of drug-likeness (QED) is 0.487. The lowest BCUT2D eigenvalue weighted by Crippen LogP contribution is -2.32. The molecule has 1 aromatic heterocycles. The van der Waals surface area contributed by atoms with E-state index in [1.165, 1.54) is 4.68 Å². The zero-order chi connectivity index (χ0) is 22.8. The van der Waals surface area contributed by atoms with Crippen molar-refractivity contribution in [2.24, 2.45) is 0 Å². The van der Waals surface area contributed by atoms with Crippen LogP contribution in [-0.2, 0) is 0 Å². The Bertz CT molecular complexity index is 896. The molecule has 1 aliphatic rings. The van der Waals surface area contributed by atoms with Gasteiger partial charge in [-0.05, 0) is 57.2 Å². The van der Waals surface area contributed by atoms with Crippen LogP contribution in [0, 0.1) is 0 Å². The van der Waals surface area contributed by atoms with Crippen LogP contribution in [0.15, 0.2) is 24.4 Å². The van der Waals surface area contributed by atoms with Gasteiger partial charge in [-0.25, -0.2) is 4.68 Å². The van der Waals surface area contributed by atoms with Crippen LogP contribution < -0.4 is 15.4 Å². The molecular formula is C23H32FN5O3. The number of rotatable bonds is 12. The number of unbranched alkanes of at least 4 members (excludes halogenated alkanes) is 3. The van der Waals surface area contributed by atoms with Crippen molar-refractivity contribution in [1.82, 2.24) is 25.6 Å². The van der Waals surface area contributed by atoms with Crippen LogP contribution >= 0.6 is 0 Å². The number of alkyl halides is 1. The monoisotopic (exact) mass is 445 g/mol. The van der Waals surface area contributed by atoms with Gasteiger partial charge in [-0.1, -0.05) is 24.5 Å². The Hall–Kier alpha value is -2.97. The molecule has 0 bridgehead atoms. The Balaban J connectivity index is 1.74. The van der Waals surface area contributed by atoms with Crippen LogP contribution in [0.3, 0.4) is 0 Å². The number of halogens is 1. The predicted molar refractivity (Wildman–Crippen MR) is 119 cm³/mol. The second kappa shape index (κ2) is 12.2. The van der Waals surface area contributed by atoms with Gasteiger partial charge in [-0.2, -0.15) is 0 Å². The van der Waals surface area contributed by atoms with E-state index >= 15 is 0 Å². The molecule has 0 unspecified atom stereocenters. The molecule has 1 aromatic carbocycles. The number of amides is 2. The largest absolute Gasteiger partial charge is 0.491 e. The smallest absolute Gasteiger partial charge is 0.273 e. The summed E-state index contributed by atoms with van der Waals surface area (Å²) in [5.74, 6) is 0.0476. The van der Waals surface area contributed by atoms with Crippen molar-refractivity contribution in [2.45, 2.75) is 64.3 Å². The minimum Gasteiger partial charge on any atom is -0.491 e. The molecule has 1 aliphatic carbocycles. The van der Waals surface area contributed by atoms with Crippen molar-refractivity contribution in [3.05, 3.63) is 35.7 Å². The summed E-state index contributed by atoms with van der Waals surface area (Å²) in [4.78, 5) is 24.8. The maximum Gasteiger partial charge on any atom is 0.273 e. The lowest BCUT2D eigenvalue weighted by molar-refractivity contribution is 0.0930. The Morgan fingerprint density at radius 3 is 2.69 bits per heavy atom. The van der Waals surface area contributed by atoms with E-state index in [1.54, 1.807) is 24.4 Å². The molecule has 0 saturated heterocycles. The molecule has 174 valence electrons. The van der Waals surface area contributed by atoms with Crippen LogP contribution in [0.25, 0.3) is 5.69 Å². The Labute approximate surface area is 187 Å². The Morgan fingerprint density at radius 2 is 1.94 bits per heavy atom. The summed E-state index contributed by atoms with van der Waals surface area (Å²) in [6.45, 7) is 2.51. The van der Waals surface area contributed by atoms with E-state index in [4.69, 9.17) is 4.74 Å². The van der Waals surface area contributed by atoms with E-state index in [-0.39, 0.29) is 30.2 Å². The van der Waals surface area contributed by atoms with Crippen molar-refractivity contribution in [2.75, 3.05) is 19.8 Å². The van der Waals surface area contributed by atoms with Gasteiger partial charge in [0.2, 0.25) is 0 Å². The van der Waals surface area contributed by atoms with Gasteiger partial charge in [0.25, 0.3) is 11.8 Å². The number of benzene rings is 1. The number of hydrogen-bond acceptors (Lipinski definition) is 5. The number of hydrogen-bond donors (Lipinski definition) is 2. The van der Waals surface area contributed by atoms with Gasteiger partial charge in [-0.15, -0.1) is 5.10 Å². The van der Waals surface area contributed by atoms with Gasteiger partial charge in [0.1, 0.15) is 11.4 Å². The minimum absolute atomic E-state index is 0.193. The van der Waals surface area contributed by atoms with Gasteiger partial charge >= 0.3 is 0 Å². The second-order valence-corrected chi connectivity index (χ2v) is 8.00. The third-order valence-corrected chi connectivity index (χ3v) is 5.51. The first-order valence-corrected chi connectivity index (χ1v) is 11.5. The molecule has 1 fully saturated rings. The fourth-order valence-electron chi connectivity index (χ4n) is 3.77. The van der Waals surface area contributed by atoms with Crippen molar-refractivity contribution in [1.29, 1.82) is 0 Å². The number of ether oxygens (including phenoxy) is 1. The van der Waals surface area contributed by atoms with Crippen molar-refractivity contribution in [3.63, 3.8) is 0 Å². The second-order valence-electron chi connectivity index (χ2n) is 8.00. The number of nitrogens with zero attached hydrogens (tertiary/aromatic N) is 3. The molecule has 32 heavy (non-hydrogen) atoms. The molecule has 1 heterocycles. The zero-order valence-electron chi connectivity index (χ0n) is 18.6. The first kappa shape index (κ1) is 23.7. The highest BCUT2D eigenvalue weighted by Gasteiger charge is 2.21. The summed E-state index contributed by atoms with van der Waals surface area (Å²) in [7, 11) is 0. The highest BCUT2D eigenvalue weighted by Crippen LogP contribution is 2.25. The van der Waals surface area contributed by atoms with Crippen LogP contribution in [0.5, 0.6) is 5.75 Å². The number of aromatic nitrogens is 3. The summed E-state index contributed by atoms with van der Waals surface area (Å²) >= 11 is 0. The van der Waals surface area contributed by atoms with E-state index in [1.807, 2.05) is 6.92 Å². The summed E-state index contributed by atoms with van der Waals surface area (Å²) in [5, 5.41) is 13.9. The lowest BCUT2D eigenvalue weighted by Gasteiger charge is -2.13. The average Bonchev–Trinajstić information content (AvgIpc) is 3.48. The molecule has 0 radical (unpaired) electrons.